The maximum Gasteiger partial charge on any atom is 0.0782 e. The number of aromatic nitrogens is 2. The van der Waals surface area contributed by atoms with Gasteiger partial charge in [0.15, 0.2) is 0 Å². The van der Waals surface area contributed by atoms with Crippen molar-refractivity contribution in [3.05, 3.63) is 22.4 Å². The Kier molecular flexibility index (Phi) is 4.59. The van der Waals surface area contributed by atoms with Crippen LogP contribution in [0.5, 0.6) is 0 Å². The lowest BCUT2D eigenvalue weighted by atomic mass is 9.94. The second-order valence-corrected chi connectivity index (χ2v) is 5.97. The molecule has 0 spiro atoms. The third-order valence-corrected chi connectivity index (χ3v) is 3.84. The van der Waals surface area contributed by atoms with Crippen molar-refractivity contribution in [2.24, 2.45) is 5.73 Å². The number of allylic oxidation sites excluding steroid dienone is 1. The second kappa shape index (κ2) is 5.99. The second-order valence-electron chi connectivity index (χ2n) is 5.12. The summed E-state index contributed by atoms with van der Waals surface area (Å²) in [6, 6.07) is 0.192. The van der Waals surface area contributed by atoms with Crippen molar-refractivity contribution in [2.45, 2.75) is 31.8 Å². The van der Waals surface area contributed by atoms with Gasteiger partial charge in [-0.3, -0.25) is 4.68 Å². The van der Waals surface area contributed by atoms with E-state index in [1.54, 1.807) is 0 Å². The van der Waals surface area contributed by atoms with Gasteiger partial charge in [-0.05, 0) is 54.9 Å². The van der Waals surface area contributed by atoms with E-state index in [2.05, 4.69) is 50.8 Å². The van der Waals surface area contributed by atoms with Crippen molar-refractivity contribution in [1.29, 1.82) is 0 Å². The van der Waals surface area contributed by atoms with Crippen LogP contribution in [-0.4, -0.2) is 41.4 Å². The predicted molar refractivity (Wildman–Crippen MR) is 78.3 cm³/mol. The summed E-state index contributed by atoms with van der Waals surface area (Å²) in [4.78, 5) is 2.17. The Morgan fingerprint density at radius 1 is 1.56 bits per heavy atom. The number of hydrogen-bond acceptors (Lipinski definition) is 3. The summed E-state index contributed by atoms with van der Waals surface area (Å²) in [6.45, 7) is 1.89. The summed E-state index contributed by atoms with van der Waals surface area (Å²) in [5, 5.41) is 4.45. The summed E-state index contributed by atoms with van der Waals surface area (Å²) in [6.07, 6.45) is 7.43. The van der Waals surface area contributed by atoms with Crippen LogP contribution in [0.3, 0.4) is 0 Å². The molecule has 1 aliphatic rings. The van der Waals surface area contributed by atoms with Gasteiger partial charge in [-0.15, -0.1) is 0 Å². The Hall–Kier alpha value is -0.650. The van der Waals surface area contributed by atoms with Gasteiger partial charge >= 0.3 is 0 Å². The van der Waals surface area contributed by atoms with Gasteiger partial charge in [0.25, 0.3) is 0 Å². The fraction of sp³-hybridized carbons (Fsp3) is 0.615. The van der Waals surface area contributed by atoms with Gasteiger partial charge in [0.2, 0.25) is 0 Å². The van der Waals surface area contributed by atoms with Crippen molar-refractivity contribution in [2.75, 3.05) is 20.6 Å². The molecule has 1 atom stereocenters. The average Bonchev–Trinajstić information content (AvgIpc) is 2.68. The normalized spacial score (nSPS) is 20.3. The highest BCUT2D eigenvalue weighted by atomic mass is 79.9. The van der Waals surface area contributed by atoms with Gasteiger partial charge in [0.05, 0.1) is 22.9 Å². The first kappa shape index (κ1) is 13.8. The molecular weight excluding hydrogens is 292 g/mol. The highest BCUT2D eigenvalue weighted by Crippen LogP contribution is 2.31. The van der Waals surface area contributed by atoms with Crippen LogP contribution in [0.4, 0.5) is 0 Å². The molecule has 1 heterocycles. The van der Waals surface area contributed by atoms with Crippen molar-refractivity contribution < 1.29 is 0 Å². The first-order valence-electron chi connectivity index (χ1n) is 6.40. The van der Waals surface area contributed by atoms with Gasteiger partial charge in [-0.1, -0.05) is 6.08 Å². The molecule has 0 fully saturated rings. The quantitative estimate of drug-likeness (QED) is 0.926. The zero-order valence-corrected chi connectivity index (χ0v) is 12.7. The monoisotopic (exact) mass is 312 g/mol. The lowest BCUT2D eigenvalue weighted by molar-refractivity contribution is 0.372. The van der Waals surface area contributed by atoms with Crippen molar-refractivity contribution in [3.63, 3.8) is 0 Å². The summed E-state index contributed by atoms with van der Waals surface area (Å²) < 4.78 is 3.15. The number of nitrogens with two attached hydrogens (primary N) is 1. The molecule has 5 heteroatoms. The van der Waals surface area contributed by atoms with E-state index in [1.807, 2.05) is 6.20 Å². The molecule has 100 valence electrons. The SMILES string of the molecule is CN(C)CCn1ncc(Br)c1C1=CC(N)CCC1. The predicted octanol–water partition coefficient (Wildman–Crippen LogP) is 2.10. The van der Waals surface area contributed by atoms with Crippen LogP contribution in [0.25, 0.3) is 5.57 Å². The number of hydrogen-bond donors (Lipinski definition) is 1. The molecule has 0 bridgehead atoms. The van der Waals surface area contributed by atoms with Gasteiger partial charge in [0, 0.05) is 12.6 Å². The molecule has 0 saturated carbocycles. The maximum absolute atomic E-state index is 6.02. The molecule has 0 saturated heterocycles. The minimum Gasteiger partial charge on any atom is -0.324 e. The van der Waals surface area contributed by atoms with E-state index in [1.165, 1.54) is 11.3 Å². The molecular formula is C13H21BrN4. The van der Waals surface area contributed by atoms with Gasteiger partial charge in [0.1, 0.15) is 0 Å². The van der Waals surface area contributed by atoms with Crippen LogP contribution in [0, 0.1) is 0 Å². The Morgan fingerprint density at radius 2 is 2.33 bits per heavy atom. The number of rotatable bonds is 4. The molecule has 0 radical (unpaired) electrons. The van der Waals surface area contributed by atoms with E-state index < -0.39 is 0 Å². The summed E-state index contributed by atoms with van der Waals surface area (Å²) in [7, 11) is 4.15. The van der Waals surface area contributed by atoms with Crippen LogP contribution in [0.1, 0.15) is 25.0 Å². The molecule has 1 aromatic heterocycles. The third kappa shape index (κ3) is 3.22. The third-order valence-electron chi connectivity index (χ3n) is 3.26. The van der Waals surface area contributed by atoms with Gasteiger partial charge in [-0.2, -0.15) is 5.10 Å². The standard InChI is InChI=1S/C13H21BrN4/c1-17(2)6-7-18-13(12(14)9-16-18)10-4-3-5-11(15)8-10/h8-9,11H,3-7,15H2,1-2H3. The number of halogens is 1. The Morgan fingerprint density at radius 3 is 3.00 bits per heavy atom. The zero-order valence-electron chi connectivity index (χ0n) is 11.1. The molecule has 18 heavy (non-hydrogen) atoms. The highest BCUT2D eigenvalue weighted by Gasteiger charge is 2.18. The number of likely N-dealkylation sites (N-methyl/N-ethyl adjacent to an activating group) is 1. The molecule has 1 aromatic rings. The molecule has 2 N–H and O–H groups in total. The van der Waals surface area contributed by atoms with Crippen LogP contribution in [-0.2, 0) is 6.54 Å². The Balaban J connectivity index is 2.23. The van der Waals surface area contributed by atoms with Crippen LogP contribution in [0.2, 0.25) is 0 Å². The molecule has 0 amide bonds. The summed E-state index contributed by atoms with van der Waals surface area (Å²) >= 11 is 3.60. The van der Waals surface area contributed by atoms with Crippen molar-refractivity contribution in [3.8, 4) is 0 Å². The van der Waals surface area contributed by atoms with Gasteiger partial charge in [-0.25, -0.2) is 0 Å². The fourth-order valence-electron chi connectivity index (χ4n) is 2.30. The van der Waals surface area contributed by atoms with E-state index in [9.17, 15) is 0 Å². The lowest BCUT2D eigenvalue weighted by Gasteiger charge is -2.20. The molecule has 1 unspecified atom stereocenters. The Bertz CT molecular complexity index is 436. The zero-order chi connectivity index (χ0) is 13.1. The van der Waals surface area contributed by atoms with Crippen LogP contribution < -0.4 is 5.73 Å². The van der Waals surface area contributed by atoms with Gasteiger partial charge < -0.3 is 10.6 Å². The molecule has 0 aliphatic heterocycles. The van der Waals surface area contributed by atoms with E-state index >= 15 is 0 Å². The fourth-order valence-corrected chi connectivity index (χ4v) is 2.85. The molecule has 2 rings (SSSR count). The minimum atomic E-state index is 0.192. The van der Waals surface area contributed by atoms with Crippen LogP contribution >= 0.6 is 15.9 Å². The van der Waals surface area contributed by atoms with E-state index in [0.717, 1.165) is 36.8 Å². The first-order valence-corrected chi connectivity index (χ1v) is 7.20. The largest absolute Gasteiger partial charge is 0.324 e. The topological polar surface area (TPSA) is 47.1 Å². The van der Waals surface area contributed by atoms with Crippen LogP contribution in [0.15, 0.2) is 16.7 Å². The van der Waals surface area contributed by atoms with E-state index in [4.69, 9.17) is 5.73 Å². The maximum atomic E-state index is 6.02. The first-order chi connectivity index (χ1) is 8.58. The molecule has 4 nitrogen and oxygen atoms in total. The number of nitrogens with zero attached hydrogens (tertiary/aromatic N) is 3. The average molecular weight is 313 g/mol. The lowest BCUT2D eigenvalue weighted by Crippen LogP contribution is -2.22. The molecule has 1 aliphatic carbocycles. The summed E-state index contributed by atoms with van der Waals surface area (Å²) in [5.41, 5.74) is 8.56. The van der Waals surface area contributed by atoms with E-state index in [-0.39, 0.29) is 6.04 Å². The summed E-state index contributed by atoms with van der Waals surface area (Å²) in [5.74, 6) is 0. The highest BCUT2D eigenvalue weighted by molar-refractivity contribution is 9.10. The van der Waals surface area contributed by atoms with E-state index in [0.29, 0.717) is 0 Å². The Labute approximate surface area is 117 Å². The molecule has 0 aromatic carbocycles. The smallest absolute Gasteiger partial charge is 0.0782 e. The minimum absolute atomic E-state index is 0.192. The van der Waals surface area contributed by atoms with Crippen molar-refractivity contribution >= 4 is 21.5 Å². The van der Waals surface area contributed by atoms with Crippen molar-refractivity contribution in [1.82, 2.24) is 14.7 Å².